The van der Waals surface area contributed by atoms with Gasteiger partial charge in [-0.2, -0.15) is 13.2 Å². The van der Waals surface area contributed by atoms with Crippen LogP contribution in [0.1, 0.15) is 70.9 Å². The number of hydrogen-bond acceptors (Lipinski definition) is 10. The number of halogens is 4. The van der Waals surface area contributed by atoms with E-state index < -0.39 is 46.3 Å². The summed E-state index contributed by atoms with van der Waals surface area (Å²) in [6.07, 6.45) is -1.02. The smallest absolute Gasteiger partial charge is 0.418 e. The summed E-state index contributed by atoms with van der Waals surface area (Å²) in [6.45, 7) is 8.80. The van der Waals surface area contributed by atoms with Gasteiger partial charge in [0.15, 0.2) is 0 Å². The van der Waals surface area contributed by atoms with Crippen LogP contribution in [0.15, 0.2) is 30.9 Å². The predicted molar refractivity (Wildman–Crippen MR) is 157 cm³/mol. The Kier molecular flexibility index (Phi) is 9.93. The van der Waals surface area contributed by atoms with Gasteiger partial charge in [-0.15, -0.1) is 11.3 Å². The quantitative estimate of drug-likeness (QED) is 0.301. The lowest BCUT2D eigenvalue weighted by atomic mass is 10.1. The molecular weight excluding hydrogens is 625 g/mol. The second-order valence-corrected chi connectivity index (χ2v) is 12.5. The number of ether oxygens (including phenoxy) is 1. The Bertz CT molecular complexity index is 1530. The molecule has 0 saturated carbocycles. The highest BCUT2D eigenvalue weighted by Gasteiger charge is 2.34. The minimum absolute atomic E-state index is 0.0977. The highest BCUT2D eigenvalue weighted by Crippen LogP contribution is 2.35. The standard InChI is InChI=1S/C27H30ClF3N8O4S/c1-14(24-33-11-19(44-24)23(41)38-20-7-16(27(29,30)31)17(28)10-32-20)37-22(40)18-8-21(36-13-35-18)39-6-5-15(12-39)9-34-25(42)43-26(2,3)4/h7-8,10-11,13-15H,5-6,9,12H2,1-4H3,(H,34,42)(H,37,40)(H,32,38,41). The SMILES string of the molecule is CC(NC(=O)c1cc(N2CCC(CNC(=O)OC(C)(C)C)C2)ncn1)c1ncc(C(=O)Nc2cc(C(F)(F)F)c(Cl)cn2)s1. The van der Waals surface area contributed by atoms with Gasteiger partial charge in [0.25, 0.3) is 11.8 Å². The Morgan fingerprint density at radius 2 is 1.86 bits per heavy atom. The molecule has 0 aromatic carbocycles. The van der Waals surface area contributed by atoms with Gasteiger partial charge in [-0.25, -0.2) is 24.7 Å². The van der Waals surface area contributed by atoms with Crippen LogP contribution in [-0.4, -0.2) is 63.1 Å². The molecule has 4 heterocycles. The molecule has 236 valence electrons. The van der Waals surface area contributed by atoms with Crippen molar-refractivity contribution in [2.75, 3.05) is 29.9 Å². The number of aromatic nitrogens is 4. The average Bonchev–Trinajstić information content (AvgIpc) is 3.62. The van der Waals surface area contributed by atoms with Gasteiger partial charge < -0.3 is 25.6 Å². The van der Waals surface area contributed by atoms with E-state index in [0.29, 0.717) is 36.5 Å². The van der Waals surface area contributed by atoms with E-state index in [9.17, 15) is 27.6 Å². The van der Waals surface area contributed by atoms with Crippen molar-refractivity contribution in [3.63, 3.8) is 0 Å². The first-order valence-corrected chi connectivity index (χ1v) is 14.6. The summed E-state index contributed by atoms with van der Waals surface area (Å²) in [7, 11) is 0. The second-order valence-electron chi connectivity index (χ2n) is 11.0. The maximum Gasteiger partial charge on any atom is 0.418 e. The molecule has 17 heteroatoms. The van der Waals surface area contributed by atoms with Gasteiger partial charge >= 0.3 is 12.3 Å². The summed E-state index contributed by atoms with van der Waals surface area (Å²) in [5.74, 6) is -0.801. The number of thiazole rings is 1. The molecule has 12 nitrogen and oxygen atoms in total. The first kappa shape index (κ1) is 32.9. The monoisotopic (exact) mass is 654 g/mol. The van der Waals surface area contributed by atoms with Gasteiger partial charge in [0.05, 0.1) is 22.8 Å². The van der Waals surface area contributed by atoms with Gasteiger partial charge in [0, 0.05) is 31.9 Å². The molecule has 3 aromatic heterocycles. The molecule has 44 heavy (non-hydrogen) atoms. The lowest BCUT2D eigenvalue weighted by Gasteiger charge is -2.21. The van der Waals surface area contributed by atoms with Gasteiger partial charge in [0.2, 0.25) is 0 Å². The van der Waals surface area contributed by atoms with E-state index in [2.05, 4.69) is 35.9 Å². The highest BCUT2D eigenvalue weighted by molar-refractivity contribution is 7.13. The molecule has 0 spiro atoms. The van der Waals surface area contributed by atoms with E-state index >= 15 is 0 Å². The minimum Gasteiger partial charge on any atom is -0.444 e. The van der Waals surface area contributed by atoms with Gasteiger partial charge in [-0.05, 0) is 46.1 Å². The Morgan fingerprint density at radius 3 is 2.57 bits per heavy atom. The maximum absolute atomic E-state index is 13.1. The van der Waals surface area contributed by atoms with Crippen LogP contribution in [0.4, 0.5) is 29.6 Å². The van der Waals surface area contributed by atoms with Crippen LogP contribution >= 0.6 is 22.9 Å². The van der Waals surface area contributed by atoms with Crippen LogP contribution in [-0.2, 0) is 10.9 Å². The third-order valence-electron chi connectivity index (χ3n) is 6.30. The van der Waals surface area contributed by atoms with E-state index in [-0.39, 0.29) is 22.3 Å². The van der Waals surface area contributed by atoms with Crippen molar-refractivity contribution in [2.24, 2.45) is 5.92 Å². The molecule has 3 N–H and O–H groups in total. The lowest BCUT2D eigenvalue weighted by Crippen LogP contribution is -2.36. The molecular formula is C27H30ClF3N8O4S. The number of hydrogen-bond donors (Lipinski definition) is 3. The molecule has 1 aliphatic rings. The van der Waals surface area contributed by atoms with Crippen molar-refractivity contribution < 1.29 is 32.3 Å². The fourth-order valence-electron chi connectivity index (χ4n) is 4.22. The number of rotatable bonds is 8. The molecule has 1 fully saturated rings. The Labute approximate surface area is 259 Å². The molecule has 0 radical (unpaired) electrons. The highest BCUT2D eigenvalue weighted by atomic mass is 35.5. The second kappa shape index (κ2) is 13.3. The maximum atomic E-state index is 13.1. The Morgan fingerprint density at radius 1 is 1.11 bits per heavy atom. The molecule has 3 amide bonds. The number of carbonyl (C=O) groups is 3. The molecule has 2 atom stereocenters. The summed E-state index contributed by atoms with van der Waals surface area (Å²) < 4.78 is 44.6. The number of pyridine rings is 1. The van der Waals surface area contributed by atoms with Crippen molar-refractivity contribution >= 4 is 52.5 Å². The van der Waals surface area contributed by atoms with E-state index in [4.69, 9.17) is 16.3 Å². The summed E-state index contributed by atoms with van der Waals surface area (Å²) in [5.41, 5.74) is -1.58. The van der Waals surface area contributed by atoms with Crippen molar-refractivity contribution in [1.82, 2.24) is 30.6 Å². The van der Waals surface area contributed by atoms with Crippen LogP contribution in [0, 0.1) is 5.92 Å². The van der Waals surface area contributed by atoms with Crippen LogP contribution < -0.4 is 20.9 Å². The summed E-state index contributed by atoms with van der Waals surface area (Å²) in [4.78, 5) is 55.9. The zero-order chi connectivity index (χ0) is 32.2. The third kappa shape index (κ3) is 8.75. The Balaban J connectivity index is 1.32. The number of carbonyl (C=O) groups excluding carboxylic acids is 3. The van der Waals surface area contributed by atoms with Crippen molar-refractivity contribution in [2.45, 2.75) is 51.9 Å². The molecule has 4 rings (SSSR count). The number of nitrogens with zero attached hydrogens (tertiary/aromatic N) is 5. The normalized spacial score (nSPS) is 15.9. The van der Waals surface area contributed by atoms with Crippen molar-refractivity contribution in [3.8, 4) is 0 Å². The average molecular weight is 655 g/mol. The van der Waals surface area contributed by atoms with Gasteiger partial charge in [-0.1, -0.05) is 11.6 Å². The predicted octanol–water partition coefficient (Wildman–Crippen LogP) is 5.09. The molecule has 1 saturated heterocycles. The largest absolute Gasteiger partial charge is 0.444 e. The molecule has 3 aromatic rings. The summed E-state index contributed by atoms with van der Waals surface area (Å²) in [6, 6.07) is 1.60. The first-order chi connectivity index (χ1) is 20.6. The van der Waals surface area contributed by atoms with Gasteiger partial charge in [0.1, 0.15) is 39.1 Å². The van der Waals surface area contributed by atoms with Gasteiger partial charge in [-0.3, -0.25) is 9.59 Å². The fraction of sp³-hybridized carbons (Fsp3) is 0.444. The topological polar surface area (TPSA) is 151 Å². The minimum atomic E-state index is -4.72. The van der Waals surface area contributed by atoms with E-state index in [0.717, 1.165) is 24.0 Å². The van der Waals surface area contributed by atoms with Crippen molar-refractivity contribution in [3.05, 3.63) is 57.0 Å². The third-order valence-corrected chi connectivity index (χ3v) is 7.78. The number of amides is 3. The van der Waals surface area contributed by atoms with Crippen molar-refractivity contribution in [1.29, 1.82) is 0 Å². The van der Waals surface area contributed by atoms with Crippen LogP contribution in [0.25, 0.3) is 0 Å². The van der Waals surface area contributed by atoms with Crippen LogP contribution in [0.5, 0.6) is 0 Å². The fourth-order valence-corrected chi connectivity index (χ4v) is 5.25. The summed E-state index contributed by atoms with van der Waals surface area (Å²) >= 11 is 6.54. The summed E-state index contributed by atoms with van der Waals surface area (Å²) in [5, 5.41) is 7.66. The van der Waals surface area contributed by atoms with Crippen LogP contribution in [0.2, 0.25) is 5.02 Å². The molecule has 2 unspecified atom stereocenters. The molecule has 0 bridgehead atoms. The van der Waals surface area contributed by atoms with E-state index in [1.165, 1.54) is 12.5 Å². The number of alkyl carbamates (subject to hydrolysis) is 1. The Hall–Kier alpha value is -4.05. The lowest BCUT2D eigenvalue weighted by molar-refractivity contribution is -0.137. The zero-order valence-corrected chi connectivity index (χ0v) is 25.7. The molecule has 0 aliphatic carbocycles. The number of alkyl halides is 3. The molecule has 1 aliphatic heterocycles. The van der Waals surface area contributed by atoms with E-state index in [1.54, 1.807) is 33.8 Å². The first-order valence-electron chi connectivity index (χ1n) is 13.4. The van der Waals surface area contributed by atoms with Crippen LogP contribution in [0.3, 0.4) is 0 Å². The van der Waals surface area contributed by atoms with E-state index in [1.807, 2.05) is 4.90 Å². The number of anilines is 2. The zero-order valence-electron chi connectivity index (χ0n) is 24.2. The number of nitrogens with one attached hydrogen (secondary N) is 3.